The van der Waals surface area contributed by atoms with Gasteiger partial charge in [-0.1, -0.05) is 37.3 Å². The Bertz CT molecular complexity index is 1030. The SMILES string of the molecule is C[C@@H]1c2cc(O)ccc2OC[C@H]1c1ccc(O)cc1.C[C@H](CN1CCCC1)Oc1ccccc1. The number of benzene rings is 3. The third-order valence-electron chi connectivity index (χ3n) is 6.62. The predicted molar refractivity (Wildman–Crippen MR) is 135 cm³/mol. The highest BCUT2D eigenvalue weighted by atomic mass is 16.5. The van der Waals surface area contributed by atoms with E-state index in [4.69, 9.17) is 9.47 Å². The van der Waals surface area contributed by atoms with Crippen LogP contribution in [0.25, 0.3) is 0 Å². The lowest BCUT2D eigenvalue weighted by Crippen LogP contribution is -2.31. The van der Waals surface area contributed by atoms with E-state index in [2.05, 4.69) is 18.7 Å². The third-order valence-corrected chi connectivity index (χ3v) is 6.62. The number of phenols is 2. The second kappa shape index (κ2) is 11.3. The van der Waals surface area contributed by atoms with Crippen LogP contribution in [-0.4, -0.2) is 47.5 Å². The highest BCUT2D eigenvalue weighted by molar-refractivity contribution is 5.45. The summed E-state index contributed by atoms with van der Waals surface area (Å²) in [5.41, 5.74) is 2.17. The molecule has 0 saturated carbocycles. The van der Waals surface area contributed by atoms with Crippen LogP contribution in [0.2, 0.25) is 0 Å². The van der Waals surface area contributed by atoms with Gasteiger partial charge in [-0.15, -0.1) is 0 Å². The lowest BCUT2D eigenvalue weighted by atomic mass is 9.81. The van der Waals surface area contributed by atoms with Crippen molar-refractivity contribution in [1.82, 2.24) is 4.90 Å². The van der Waals surface area contributed by atoms with E-state index in [0.29, 0.717) is 6.61 Å². The summed E-state index contributed by atoms with van der Waals surface area (Å²) in [6.07, 6.45) is 2.97. The Morgan fingerprint density at radius 3 is 2.32 bits per heavy atom. The Morgan fingerprint density at radius 1 is 0.941 bits per heavy atom. The molecule has 5 heteroatoms. The van der Waals surface area contributed by atoms with Gasteiger partial charge in [0, 0.05) is 18.0 Å². The number of rotatable bonds is 5. The van der Waals surface area contributed by atoms with Crippen LogP contribution in [0.5, 0.6) is 23.0 Å². The summed E-state index contributed by atoms with van der Waals surface area (Å²) in [6, 6.07) is 22.5. The molecule has 1 saturated heterocycles. The van der Waals surface area contributed by atoms with Crippen LogP contribution in [0.3, 0.4) is 0 Å². The van der Waals surface area contributed by atoms with Crippen molar-refractivity contribution in [1.29, 1.82) is 0 Å². The van der Waals surface area contributed by atoms with Crippen molar-refractivity contribution in [3.05, 3.63) is 83.9 Å². The highest BCUT2D eigenvalue weighted by Crippen LogP contribution is 2.43. The van der Waals surface area contributed by atoms with Crippen LogP contribution in [0.4, 0.5) is 0 Å². The summed E-state index contributed by atoms with van der Waals surface area (Å²) in [5, 5.41) is 19.0. The summed E-state index contributed by atoms with van der Waals surface area (Å²) < 4.78 is 11.6. The minimum absolute atomic E-state index is 0.231. The number of likely N-dealkylation sites (tertiary alicyclic amines) is 1. The van der Waals surface area contributed by atoms with E-state index in [-0.39, 0.29) is 29.4 Å². The zero-order valence-corrected chi connectivity index (χ0v) is 20.1. The molecule has 5 rings (SSSR count). The normalized spacial score (nSPS) is 20.4. The molecule has 3 aromatic carbocycles. The van der Waals surface area contributed by atoms with Crippen molar-refractivity contribution in [2.45, 2.75) is 44.6 Å². The summed E-state index contributed by atoms with van der Waals surface area (Å²) in [6.45, 7) is 8.42. The van der Waals surface area contributed by atoms with Gasteiger partial charge in [0.1, 0.15) is 29.1 Å². The Morgan fingerprint density at radius 2 is 1.62 bits per heavy atom. The van der Waals surface area contributed by atoms with Gasteiger partial charge in [0.2, 0.25) is 0 Å². The number of fused-ring (bicyclic) bond motifs is 1. The molecule has 5 nitrogen and oxygen atoms in total. The van der Waals surface area contributed by atoms with Crippen molar-refractivity contribution in [2.24, 2.45) is 0 Å². The van der Waals surface area contributed by atoms with E-state index < -0.39 is 0 Å². The van der Waals surface area contributed by atoms with Gasteiger partial charge in [-0.25, -0.2) is 0 Å². The standard InChI is InChI=1S/C16H16O3.C13H19NO/c1-10-14-8-13(18)6-7-16(14)19-9-15(10)11-2-4-12(17)5-3-11;1-12(11-14-9-5-6-10-14)15-13-7-3-2-4-8-13/h2-8,10,15,17-18H,9H2,1H3;2-4,7-8,12H,5-6,9-11H2,1H3/t10-,15-;12-/m11/s1. The van der Waals surface area contributed by atoms with Gasteiger partial charge in [0.15, 0.2) is 0 Å². The molecule has 34 heavy (non-hydrogen) atoms. The Balaban J connectivity index is 0.000000166. The molecular formula is C29H35NO4. The van der Waals surface area contributed by atoms with Gasteiger partial charge in [-0.3, -0.25) is 4.90 Å². The molecule has 0 unspecified atom stereocenters. The van der Waals surface area contributed by atoms with Crippen LogP contribution >= 0.6 is 0 Å². The molecular weight excluding hydrogens is 426 g/mol. The first-order valence-electron chi connectivity index (χ1n) is 12.2. The maximum absolute atomic E-state index is 9.61. The topological polar surface area (TPSA) is 62.2 Å². The molecule has 1 fully saturated rings. The first-order chi connectivity index (χ1) is 16.5. The van der Waals surface area contributed by atoms with E-state index in [9.17, 15) is 10.2 Å². The van der Waals surface area contributed by atoms with Crippen LogP contribution in [0.15, 0.2) is 72.8 Å². The van der Waals surface area contributed by atoms with Crippen LogP contribution < -0.4 is 9.47 Å². The first-order valence-corrected chi connectivity index (χ1v) is 12.2. The van der Waals surface area contributed by atoms with Crippen molar-refractivity contribution < 1.29 is 19.7 Å². The molecule has 0 aliphatic carbocycles. The smallest absolute Gasteiger partial charge is 0.123 e. The zero-order chi connectivity index (χ0) is 23.9. The van der Waals surface area contributed by atoms with E-state index in [1.165, 1.54) is 25.9 Å². The minimum Gasteiger partial charge on any atom is -0.508 e. The lowest BCUT2D eigenvalue weighted by molar-refractivity contribution is 0.162. The predicted octanol–water partition coefficient (Wildman–Crippen LogP) is 5.93. The van der Waals surface area contributed by atoms with E-state index in [1.54, 1.807) is 24.3 Å². The molecule has 180 valence electrons. The number of phenolic OH excluding ortho intramolecular Hbond substituents is 2. The molecule has 3 aromatic rings. The molecule has 0 amide bonds. The molecule has 2 aliphatic rings. The summed E-state index contributed by atoms with van der Waals surface area (Å²) in [4.78, 5) is 2.48. The molecule has 0 radical (unpaired) electrons. The number of ether oxygens (including phenoxy) is 2. The van der Waals surface area contributed by atoms with Gasteiger partial charge in [0.05, 0.1) is 6.61 Å². The molecule has 2 N–H and O–H groups in total. The van der Waals surface area contributed by atoms with Gasteiger partial charge < -0.3 is 19.7 Å². The average Bonchev–Trinajstić information content (AvgIpc) is 3.34. The largest absolute Gasteiger partial charge is 0.508 e. The number of aromatic hydroxyl groups is 2. The fourth-order valence-electron chi connectivity index (χ4n) is 4.77. The minimum atomic E-state index is 0.231. The van der Waals surface area contributed by atoms with Crippen molar-refractivity contribution >= 4 is 0 Å². The van der Waals surface area contributed by atoms with Crippen LogP contribution in [0, 0.1) is 0 Å². The second-order valence-electron chi connectivity index (χ2n) is 9.27. The maximum atomic E-state index is 9.61. The highest BCUT2D eigenvalue weighted by Gasteiger charge is 2.29. The molecule has 2 heterocycles. The van der Waals surface area contributed by atoms with Gasteiger partial charge in [0.25, 0.3) is 0 Å². The summed E-state index contributed by atoms with van der Waals surface area (Å²) in [7, 11) is 0. The number of hydrogen-bond acceptors (Lipinski definition) is 5. The monoisotopic (exact) mass is 461 g/mol. The van der Waals surface area contributed by atoms with Crippen molar-refractivity contribution in [2.75, 3.05) is 26.2 Å². The van der Waals surface area contributed by atoms with Crippen LogP contribution in [-0.2, 0) is 0 Å². The van der Waals surface area contributed by atoms with E-state index >= 15 is 0 Å². The zero-order valence-electron chi connectivity index (χ0n) is 20.1. The lowest BCUT2D eigenvalue weighted by Gasteiger charge is -2.31. The van der Waals surface area contributed by atoms with E-state index in [0.717, 1.165) is 29.2 Å². The van der Waals surface area contributed by atoms with Crippen LogP contribution in [0.1, 0.15) is 49.7 Å². The first kappa shape index (κ1) is 24.0. The van der Waals surface area contributed by atoms with Gasteiger partial charge in [-0.2, -0.15) is 0 Å². The molecule has 0 bridgehead atoms. The maximum Gasteiger partial charge on any atom is 0.123 e. The quantitative estimate of drug-likeness (QED) is 0.493. The molecule has 0 aromatic heterocycles. The number of para-hydroxylation sites is 1. The summed E-state index contributed by atoms with van der Waals surface area (Å²) in [5.74, 6) is 2.85. The van der Waals surface area contributed by atoms with Crippen molar-refractivity contribution in [3.63, 3.8) is 0 Å². The summed E-state index contributed by atoms with van der Waals surface area (Å²) >= 11 is 0. The molecule has 0 spiro atoms. The third kappa shape index (κ3) is 6.23. The molecule has 2 aliphatic heterocycles. The van der Waals surface area contributed by atoms with Gasteiger partial charge >= 0.3 is 0 Å². The molecule has 3 atom stereocenters. The fourth-order valence-corrected chi connectivity index (χ4v) is 4.77. The van der Waals surface area contributed by atoms with Crippen molar-refractivity contribution in [3.8, 4) is 23.0 Å². The number of hydrogen-bond donors (Lipinski definition) is 2. The Kier molecular flexibility index (Phi) is 7.96. The second-order valence-corrected chi connectivity index (χ2v) is 9.27. The fraction of sp³-hybridized carbons (Fsp3) is 0.379. The van der Waals surface area contributed by atoms with Gasteiger partial charge in [-0.05, 0) is 86.8 Å². The van der Waals surface area contributed by atoms with E-state index in [1.807, 2.05) is 48.5 Å². The Hall–Kier alpha value is -3.18. The Labute approximate surface area is 202 Å². The number of nitrogens with zero attached hydrogens (tertiary/aromatic N) is 1. The average molecular weight is 462 g/mol.